The standard InChI is InChI=1S/C17H24FNO2.C16H20FNO2/c1-19-10-7-14(8-11-19)6-9-17(20-12-13-21-17)15-2-4-16(18)5-3-15;17-14-3-1-2-12(9-14)13-6-7-18(10-13)15(16(19)20)8-11-4-5-11/h2-5,14H,6-13H2,1H3;1-3,9,11,13,15H,4-8,10H2,(H,19,20). The zero-order valence-corrected chi connectivity index (χ0v) is 24.2. The minimum Gasteiger partial charge on any atom is -0.480 e. The number of carboxylic acids is 1. The highest BCUT2D eigenvalue weighted by molar-refractivity contribution is 5.73. The first-order chi connectivity index (χ1) is 19.8. The Labute approximate surface area is 242 Å². The van der Waals surface area contributed by atoms with Crippen LogP contribution >= 0.6 is 0 Å². The number of ether oxygens (including phenoxy) is 2. The molecule has 0 spiro atoms. The molecule has 6 rings (SSSR count). The molecule has 1 N–H and O–H groups in total. The van der Waals surface area contributed by atoms with Gasteiger partial charge in [0.15, 0.2) is 5.79 Å². The van der Waals surface area contributed by atoms with Gasteiger partial charge in [-0.05, 0) is 106 Å². The van der Waals surface area contributed by atoms with Crippen molar-refractivity contribution in [2.45, 2.75) is 69.1 Å². The average Bonchev–Trinajstić information content (AvgIpc) is 3.44. The van der Waals surface area contributed by atoms with E-state index in [4.69, 9.17) is 9.47 Å². The van der Waals surface area contributed by atoms with Gasteiger partial charge < -0.3 is 19.5 Å². The number of rotatable bonds is 9. The van der Waals surface area contributed by atoms with Crippen molar-refractivity contribution in [2.75, 3.05) is 46.4 Å². The van der Waals surface area contributed by atoms with E-state index in [9.17, 15) is 18.7 Å². The van der Waals surface area contributed by atoms with Gasteiger partial charge in [-0.15, -0.1) is 0 Å². The first kappa shape index (κ1) is 30.1. The minimum absolute atomic E-state index is 0.214. The summed E-state index contributed by atoms with van der Waals surface area (Å²) in [6.45, 7) is 5.11. The molecule has 4 aliphatic rings. The molecule has 2 aromatic rings. The van der Waals surface area contributed by atoms with Crippen LogP contribution in [-0.2, 0) is 20.1 Å². The van der Waals surface area contributed by atoms with Gasteiger partial charge in [-0.2, -0.15) is 0 Å². The maximum absolute atomic E-state index is 13.3. The van der Waals surface area contributed by atoms with Gasteiger partial charge in [0.25, 0.3) is 0 Å². The Morgan fingerprint density at radius 2 is 1.66 bits per heavy atom. The molecule has 224 valence electrons. The monoisotopic (exact) mass is 570 g/mol. The number of benzene rings is 2. The minimum atomic E-state index is -0.711. The van der Waals surface area contributed by atoms with Crippen molar-refractivity contribution >= 4 is 5.97 Å². The molecule has 2 aromatic carbocycles. The maximum atomic E-state index is 13.3. The summed E-state index contributed by atoms with van der Waals surface area (Å²) in [6, 6.07) is 12.9. The lowest BCUT2D eigenvalue weighted by atomic mass is 9.88. The van der Waals surface area contributed by atoms with Crippen molar-refractivity contribution in [2.24, 2.45) is 11.8 Å². The zero-order valence-electron chi connectivity index (χ0n) is 24.2. The van der Waals surface area contributed by atoms with Crippen LogP contribution in [0, 0.1) is 23.5 Å². The van der Waals surface area contributed by atoms with E-state index in [0.717, 1.165) is 55.8 Å². The molecule has 4 fully saturated rings. The first-order valence-corrected chi connectivity index (χ1v) is 15.3. The lowest BCUT2D eigenvalue weighted by molar-refractivity contribution is -0.173. The molecule has 6 nitrogen and oxygen atoms in total. The van der Waals surface area contributed by atoms with Gasteiger partial charge in [0.2, 0.25) is 0 Å². The molecule has 0 amide bonds. The summed E-state index contributed by atoms with van der Waals surface area (Å²) in [6.07, 6.45) is 8.48. The molecule has 2 unspecified atom stereocenters. The highest BCUT2D eigenvalue weighted by atomic mass is 19.1. The highest BCUT2D eigenvalue weighted by Gasteiger charge is 2.39. The lowest BCUT2D eigenvalue weighted by Crippen LogP contribution is -2.40. The predicted octanol–water partition coefficient (Wildman–Crippen LogP) is 6.02. The molecule has 1 aliphatic carbocycles. The van der Waals surface area contributed by atoms with Crippen molar-refractivity contribution in [1.82, 2.24) is 9.80 Å². The molecule has 0 radical (unpaired) electrons. The maximum Gasteiger partial charge on any atom is 0.320 e. The van der Waals surface area contributed by atoms with Crippen molar-refractivity contribution in [3.63, 3.8) is 0 Å². The van der Waals surface area contributed by atoms with E-state index in [1.807, 2.05) is 6.07 Å². The van der Waals surface area contributed by atoms with Gasteiger partial charge in [-0.1, -0.05) is 37.1 Å². The second kappa shape index (κ2) is 13.7. The average molecular weight is 571 g/mol. The molecule has 41 heavy (non-hydrogen) atoms. The van der Waals surface area contributed by atoms with Crippen LogP contribution in [0.3, 0.4) is 0 Å². The summed E-state index contributed by atoms with van der Waals surface area (Å²) >= 11 is 0. The quantitative estimate of drug-likeness (QED) is 0.398. The molecular formula is C33H44F2N2O4. The fraction of sp³-hybridized carbons (Fsp3) is 0.606. The molecule has 0 aromatic heterocycles. The van der Waals surface area contributed by atoms with Crippen LogP contribution in [0.15, 0.2) is 48.5 Å². The molecule has 8 heteroatoms. The smallest absolute Gasteiger partial charge is 0.320 e. The number of piperidine rings is 1. The van der Waals surface area contributed by atoms with Gasteiger partial charge >= 0.3 is 5.97 Å². The van der Waals surface area contributed by atoms with E-state index >= 15 is 0 Å². The summed E-state index contributed by atoms with van der Waals surface area (Å²) in [5.74, 6) is -0.202. The van der Waals surface area contributed by atoms with E-state index < -0.39 is 11.8 Å². The Morgan fingerprint density at radius 1 is 0.951 bits per heavy atom. The third-order valence-electron chi connectivity index (χ3n) is 9.28. The van der Waals surface area contributed by atoms with E-state index in [1.54, 1.807) is 24.3 Å². The van der Waals surface area contributed by atoms with Crippen LogP contribution in [-0.4, -0.2) is 73.4 Å². The van der Waals surface area contributed by atoms with E-state index in [1.165, 1.54) is 57.0 Å². The van der Waals surface area contributed by atoms with Crippen LogP contribution in [0.5, 0.6) is 0 Å². The Hall–Kier alpha value is -2.39. The number of hydrogen-bond acceptors (Lipinski definition) is 5. The molecule has 3 aliphatic heterocycles. The Bertz CT molecular complexity index is 1130. The number of likely N-dealkylation sites (tertiary alicyclic amines) is 2. The van der Waals surface area contributed by atoms with Crippen LogP contribution in [0.25, 0.3) is 0 Å². The molecular weight excluding hydrogens is 526 g/mol. The predicted molar refractivity (Wildman–Crippen MR) is 154 cm³/mol. The van der Waals surface area contributed by atoms with Gasteiger partial charge in [0.05, 0.1) is 13.2 Å². The summed E-state index contributed by atoms with van der Waals surface area (Å²) in [7, 11) is 2.18. The highest BCUT2D eigenvalue weighted by Crippen LogP contribution is 2.39. The molecule has 1 saturated carbocycles. The zero-order chi connectivity index (χ0) is 28.8. The van der Waals surface area contributed by atoms with Gasteiger partial charge in [-0.3, -0.25) is 9.69 Å². The van der Waals surface area contributed by atoms with Crippen molar-refractivity contribution < 1.29 is 28.2 Å². The summed E-state index contributed by atoms with van der Waals surface area (Å²) in [5, 5.41) is 9.41. The molecule has 2 atom stereocenters. The van der Waals surface area contributed by atoms with Crippen LogP contribution < -0.4 is 0 Å². The van der Waals surface area contributed by atoms with E-state index in [-0.39, 0.29) is 23.6 Å². The largest absolute Gasteiger partial charge is 0.480 e. The number of carboxylic acid groups (broad SMARTS) is 1. The SMILES string of the molecule is CN1CCC(CCC2(c3ccc(F)cc3)OCCO2)CC1.O=C(O)C(CC1CC1)N1CCC(c2cccc(F)c2)C1. The topological polar surface area (TPSA) is 62.2 Å². The summed E-state index contributed by atoms with van der Waals surface area (Å²) in [5.41, 5.74) is 1.93. The Kier molecular flexibility index (Phi) is 10.1. The summed E-state index contributed by atoms with van der Waals surface area (Å²) in [4.78, 5) is 15.9. The van der Waals surface area contributed by atoms with Gasteiger partial charge in [0, 0.05) is 18.5 Å². The summed E-state index contributed by atoms with van der Waals surface area (Å²) < 4.78 is 38.2. The third kappa shape index (κ3) is 8.13. The van der Waals surface area contributed by atoms with Crippen LogP contribution in [0.1, 0.15) is 68.4 Å². The first-order valence-electron chi connectivity index (χ1n) is 15.3. The van der Waals surface area contributed by atoms with Crippen molar-refractivity contribution in [1.29, 1.82) is 0 Å². The van der Waals surface area contributed by atoms with E-state index in [0.29, 0.717) is 19.1 Å². The number of halogens is 2. The van der Waals surface area contributed by atoms with Crippen LogP contribution in [0.4, 0.5) is 8.78 Å². The number of nitrogens with zero attached hydrogens (tertiary/aromatic N) is 2. The fourth-order valence-electron chi connectivity index (χ4n) is 6.54. The second-order valence-electron chi connectivity index (χ2n) is 12.3. The number of hydrogen-bond donors (Lipinski definition) is 1. The Balaban J connectivity index is 0.000000165. The molecule has 3 saturated heterocycles. The van der Waals surface area contributed by atoms with Crippen molar-refractivity contribution in [3.05, 3.63) is 71.3 Å². The van der Waals surface area contributed by atoms with Gasteiger partial charge in [-0.25, -0.2) is 8.78 Å². The van der Waals surface area contributed by atoms with Crippen molar-refractivity contribution in [3.8, 4) is 0 Å². The van der Waals surface area contributed by atoms with E-state index in [2.05, 4.69) is 16.8 Å². The normalized spacial score (nSPS) is 24.1. The van der Waals surface area contributed by atoms with Gasteiger partial charge in [0.1, 0.15) is 17.7 Å². The second-order valence-corrected chi connectivity index (χ2v) is 12.3. The molecule has 3 heterocycles. The van der Waals surface area contributed by atoms with Crippen LogP contribution in [0.2, 0.25) is 0 Å². The number of aliphatic carboxylic acids is 1. The fourth-order valence-corrected chi connectivity index (χ4v) is 6.54. The lowest BCUT2D eigenvalue weighted by Gasteiger charge is -2.33. The third-order valence-corrected chi connectivity index (χ3v) is 9.28. The Morgan fingerprint density at radius 3 is 2.29 bits per heavy atom. The molecule has 0 bridgehead atoms. The number of carbonyl (C=O) groups is 1.